The molecule has 0 saturated carbocycles. The van der Waals surface area contributed by atoms with Crippen molar-refractivity contribution in [2.75, 3.05) is 43.1 Å². The number of aromatic nitrogens is 2. The van der Waals surface area contributed by atoms with E-state index in [0.717, 1.165) is 41.9 Å². The topological polar surface area (TPSA) is 70.6 Å². The molecule has 3 aromatic rings. The van der Waals surface area contributed by atoms with Crippen LogP contribution in [0.5, 0.6) is 0 Å². The van der Waals surface area contributed by atoms with E-state index in [2.05, 4.69) is 20.2 Å². The van der Waals surface area contributed by atoms with E-state index in [0.29, 0.717) is 50.5 Å². The Morgan fingerprint density at radius 1 is 1.00 bits per heavy atom. The third-order valence-corrected chi connectivity index (χ3v) is 6.48. The number of carbonyl (C=O) groups excluding carboxylic acids is 1. The number of fused-ring (bicyclic) bond motifs is 1. The molecule has 1 aromatic heterocycles. The highest BCUT2D eigenvalue weighted by atomic mass is 19.4. The Bertz CT molecular complexity index is 1230. The van der Waals surface area contributed by atoms with Crippen LogP contribution >= 0.6 is 0 Å². The average Bonchev–Trinajstić information content (AvgIpc) is 2.88. The van der Waals surface area contributed by atoms with Crippen LogP contribution in [0.1, 0.15) is 32.6 Å². The molecular weight excluding hydrogens is 471 g/mol. The molecule has 36 heavy (non-hydrogen) atoms. The molecule has 188 valence electrons. The van der Waals surface area contributed by atoms with Crippen molar-refractivity contribution in [1.82, 2.24) is 14.9 Å². The maximum atomic E-state index is 13.6. The van der Waals surface area contributed by atoms with Gasteiger partial charge < -0.3 is 15.0 Å². The Hall–Kier alpha value is -3.50. The van der Waals surface area contributed by atoms with Gasteiger partial charge in [0.1, 0.15) is 6.33 Å². The zero-order chi connectivity index (χ0) is 25.1. The van der Waals surface area contributed by atoms with E-state index < -0.39 is 17.6 Å². The summed E-state index contributed by atoms with van der Waals surface area (Å²) in [7, 11) is 0. The molecule has 2 aromatic carbocycles. The fourth-order valence-electron chi connectivity index (χ4n) is 4.61. The van der Waals surface area contributed by atoms with Crippen LogP contribution in [0, 0.1) is 0 Å². The van der Waals surface area contributed by atoms with Crippen molar-refractivity contribution in [2.45, 2.75) is 25.7 Å². The third kappa shape index (κ3) is 5.66. The number of nitrogens with zero attached hydrogens (tertiary/aromatic N) is 4. The summed E-state index contributed by atoms with van der Waals surface area (Å²) in [5.41, 5.74) is 3.27. The first-order valence-corrected chi connectivity index (χ1v) is 11.8. The number of hydrogen-bond donors (Lipinski definition) is 1. The standard InChI is InChI=1S/C26H26F3N5O2/c27-26(28,29)22-9-18(15-33-5-7-36-8-6-33)10-23(12-22)32-25(35)20-2-1-19-3-4-34(16-21(19)11-20)24-13-30-17-31-14-24/h1-2,9-14,17H,3-8,15-16H2,(H,32,35). The number of halogens is 3. The molecule has 0 radical (unpaired) electrons. The SMILES string of the molecule is O=C(Nc1cc(CN2CCOCC2)cc(C(F)(F)F)c1)c1ccc2c(c1)CN(c1cncnc1)CC2. The van der Waals surface area contributed by atoms with Crippen molar-refractivity contribution in [3.63, 3.8) is 0 Å². The van der Waals surface area contributed by atoms with Crippen molar-refractivity contribution >= 4 is 17.3 Å². The number of alkyl halides is 3. The molecule has 2 aliphatic rings. The van der Waals surface area contributed by atoms with Gasteiger partial charge in [-0.05, 0) is 53.4 Å². The van der Waals surface area contributed by atoms with Gasteiger partial charge in [0.25, 0.3) is 5.91 Å². The van der Waals surface area contributed by atoms with Gasteiger partial charge >= 0.3 is 6.18 Å². The first-order chi connectivity index (χ1) is 17.3. The summed E-state index contributed by atoms with van der Waals surface area (Å²) in [6.07, 6.45) is 1.26. The largest absolute Gasteiger partial charge is 0.416 e. The lowest BCUT2D eigenvalue weighted by Crippen LogP contribution is -2.35. The lowest BCUT2D eigenvalue weighted by atomic mass is 9.97. The number of carbonyl (C=O) groups is 1. The highest BCUT2D eigenvalue weighted by Gasteiger charge is 2.31. The average molecular weight is 498 g/mol. The normalized spacial score (nSPS) is 16.5. The minimum absolute atomic E-state index is 0.124. The minimum Gasteiger partial charge on any atom is -0.379 e. The maximum absolute atomic E-state index is 13.6. The molecule has 0 aliphatic carbocycles. The van der Waals surface area contributed by atoms with Gasteiger partial charge in [-0.2, -0.15) is 13.2 Å². The Morgan fingerprint density at radius 3 is 2.53 bits per heavy atom. The summed E-state index contributed by atoms with van der Waals surface area (Å²) in [5, 5.41) is 2.68. The molecule has 2 aliphatic heterocycles. The van der Waals surface area contributed by atoms with Gasteiger partial charge in [0.05, 0.1) is 36.9 Å². The fraction of sp³-hybridized carbons (Fsp3) is 0.346. The Labute approximate surface area is 206 Å². The quantitative estimate of drug-likeness (QED) is 0.572. The highest BCUT2D eigenvalue weighted by molar-refractivity contribution is 6.04. The van der Waals surface area contributed by atoms with Gasteiger partial charge in [0.2, 0.25) is 0 Å². The van der Waals surface area contributed by atoms with Crippen molar-refractivity contribution in [2.24, 2.45) is 0 Å². The molecule has 0 unspecified atom stereocenters. The third-order valence-electron chi connectivity index (χ3n) is 6.48. The molecule has 10 heteroatoms. The van der Waals surface area contributed by atoms with Crippen LogP contribution in [0.4, 0.5) is 24.5 Å². The number of ether oxygens (including phenoxy) is 1. The number of morpholine rings is 1. The molecule has 3 heterocycles. The number of anilines is 2. The smallest absolute Gasteiger partial charge is 0.379 e. The van der Waals surface area contributed by atoms with Gasteiger partial charge in [-0.1, -0.05) is 6.07 Å². The molecular formula is C26H26F3N5O2. The molecule has 5 rings (SSSR count). The Morgan fingerprint density at radius 2 is 1.78 bits per heavy atom. The van der Waals surface area contributed by atoms with Gasteiger partial charge in [-0.15, -0.1) is 0 Å². The summed E-state index contributed by atoms with van der Waals surface area (Å²) >= 11 is 0. The predicted octanol–water partition coefficient (Wildman–Crippen LogP) is 4.14. The molecule has 0 atom stereocenters. The predicted molar refractivity (Wildman–Crippen MR) is 129 cm³/mol. The minimum atomic E-state index is -4.52. The monoisotopic (exact) mass is 497 g/mol. The molecule has 1 N–H and O–H groups in total. The fourth-order valence-corrected chi connectivity index (χ4v) is 4.61. The van der Waals surface area contributed by atoms with Crippen LogP contribution in [0.2, 0.25) is 0 Å². The van der Waals surface area contributed by atoms with E-state index in [1.165, 1.54) is 6.33 Å². The summed E-state index contributed by atoms with van der Waals surface area (Å²) < 4.78 is 46.1. The number of amides is 1. The van der Waals surface area contributed by atoms with Crippen molar-refractivity contribution < 1.29 is 22.7 Å². The van der Waals surface area contributed by atoms with Crippen LogP contribution in [-0.4, -0.2) is 53.6 Å². The molecule has 1 saturated heterocycles. The van der Waals surface area contributed by atoms with E-state index in [1.807, 2.05) is 17.0 Å². The Balaban J connectivity index is 1.35. The van der Waals surface area contributed by atoms with Crippen molar-refractivity contribution in [3.8, 4) is 0 Å². The first-order valence-electron chi connectivity index (χ1n) is 11.8. The number of nitrogens with one attached hydrogen (secondary N) is 1. The van der Waals surface area contributed by atoms with Gasteiger partial charge in [0.15, 0.2) is 0 Å². The second kappa shape index (κ2) is 10.2. The molecule has 0 bridgehead atoms. The Kier molecular flexibility index (Phi) is 6.88. The van der Waals surface area contributed by atoms with Crippen molar-refractivity contribution in [3.05, 3.63) is 82.9 Å². The number of hydrogen-bond acceptors (Lipinski definition) is 6. The van der Waals surface area contributed by atoms with E-state index in [-0.39, 0.29) is 5.69 Å². The lowest BCUT2D eigenvalue weighted by Gasteiger charge is -2.30. The summed E-state index contributed by atoms with van der Waals surface area (Å²) in [4.78, 5) is 25.4. The molecule has 1 fully saturated rings. The van der Waals surface area contributed by atoms with Crippen LogP contribution in [0.15, 0.2) is 55.1 Å². The lowest BCUT2D eigenvalue weighted by molar-refractivity contribution is -0.137. The number of benzene rings is 2. The summed E-state index contributed by atoms with van der Waals surface area (Å²) in [6, 6.07) is 9.18. The van der Waals surface area contributed by atoms with Crippen LogP contribution in [0.25, 0.3) is 0 Å². The second-order valence-corrected chi connectivity index (χ2v) is 9.01. The maximum Gasteiger partial charge on any atom is 0.416 e. The zero-order valence-corrected chi connectivity index (χ0v) is 19.6. The van der Waals surface area contributed by atoms with Crippen LogP contribution in [0.3, 0.4) is 0 Å². The molecule has 7 nitrogen and oxygen atoms in total. The first kappa shape index (κ1) is 24.2. The summed E-state index contributed by atoms with van der Waals surface area (Å²) in [5.74, 6) is -0.449. The van der Waals surface area contributed by atoms with Gasteiger partial charge in [-0.3, -0.25) is 9.69 Å². The summed E-state index contributed by atoms with van der Waals surface area (Å²) in [6.45, 7) is 4.16. The van der Waals surface area contributed by atoms with Gasteiger partial charge in [-0.25, -0.2) is 9.97 Å². The molecule has 0 spiro atoms. The van der Waals surface area contributed by atoms with E-state index in [4.69, 9.17) is 4.74 Å². The van der Waals surface area contributed by atoms with Crippen LogP contribution in [-0.2, 0) is 30.4 Å². The van der Waals surface area contributed by atoms with Crippen LogP contribution < -0.4 is 10.2 Å². The van der Waals surface area contributed by atoms with E-state index in [1.54, 1.807) is 24.5 Å². The van der Waals surface area contributed by atoms with E-state index in [9.17, 15) is 18.0 Å². The van der Waals surface area contributed by atoms with E-state index >= 15 is 0 Å². The second-order valence-electron chi connectivity index (χ2n) is 9.01. The number of rotatable bonds is 5. The highest BCUT2D eigenvalue weighted by Crippen LogP contribution is 2.33. The zero-order valence-electron chi connectivity index (χ0n) is 19.6. The molecule has 1 amide bonds. The van der Waals surface area contributed by atoms with Crippen molar-refractivity contribution in [1.29, 1.82) is 0 Å². The van der Waals surface area contributed by atoms with Gasteiger partial charge in [0, 0.05) is 44.0 Å².